The van der Waals surface area contributed by atoms with Gasteiger partial charge in [-0.25, -0.2) is 18.7 Å². The molecule has 2 aliphatic heterocycles. The topological polar surface area (TPSA) is 92.3 Å². The van der Waals surface area contributed by atoms with E-state index in [0.717, 1.165) is 29.9 Å². The lowest BCUT2D eigenvalue weighted by molar-refractivity contribution is -0.0592. The van der Waals surface area contributed by atoms with Crippen molar-refractivity contribution in [3.63, 3.8) is 0 Å². The van der Waals surface area contributed by atoms with Gasteiger partial charge in [-0.05, 0) is 24.6 Å². The third kappa shape index (κ3) is 5.56. The summed E-state index contributed by atoms with van der Waals surface area (Å²) in [6, 6.07) is 10.9. The molecule has 0 N–H and O–H groups in total. The van der Waals surface area contributed by atoms with E-state index in [1.807, 2.05) is 4.90 Å². The summed E-state index contributed by atoms with van der Waals surface area (Å²) in [6.45, 7) is 4.47. The highest BCUT2D eigenvalue weighted by molar-refractivity contribution is 6.30. The van der Waals surface area contributed by atoms with Gasteiger partial charge in [0.05, 0.1) is 36.4 Å². The molecule has 6 rings (SSSR count). The first-order valence-electron chi connectivity index (χ1n) is 13.0. The molecule has 2 aliphatic rings. The van der Waals surface area contributed by atoms with E-state index in [2.05, 4.69) is 25.5 Å². The molecule has 0 aliphatic carbocycles. The van der Waals surface area contributed by atoms with Gasteiger partial charge >= 0.3 is 0 Å². The van der Waals surface area contributed by atoms with Crippen molar-refractivity contribution in [1.82, 2.24) is 24.4 Å². The quantitative estimate of drug-likeness (QED) is 0.312. The number of halogens is 3. The van der Waals surface area contributed by atoms with Gasteiger partial charge in [0, 0.05) is 55.5 Å². The average molecular weight is 566 g/mol. The number of hydrogen-bond donors (Lipinski definition) is 0. The summed E-state index contributed by atoms with van der Waals surface area (Å²) in [4.78, 5) is 17.6. The fourth-order valence-corrected chi connectivity index (χ4v) is 5.07. The number of anilines is 1. The summed E-state index contributed by atoms with van der Waals surface area (Å²) in [7, 11) is 0. The summed E-state index contributed by atoms with van der Waals surface area (Å²) in [5.74, 6) is 0.386. The van der Waals surface area contributed by atoms with E-state index in [4.69, 9.17) is 26.1 Å². The normalized spacial score (nSPS) is 17.6. The molecule has 12 heteroatoms. The summed E-state index contributed by atoms with van der Waals surface area (Å²) in [5.41, 5.74) is 2.28. The Kier molecular flexibility index (Phi) is 7.47. The van der Waals surface area contributed by atoms with E-state index >= 15 is 0 Å². The molecule has 0 amide bonds. The van der Waals surface area contributed by atoms with E-state index in [-0.39, 0.29) is 24.4 Å². The van der Waals surface area contributed by atoms with Crippen LogP contribution in [-0.4, -0.2) is 63.3 Å². The number of piperazine rings is 1. The van der Waals surface area contributed by atoms with Gasteiger partial charge in [-0.3, -0.25) is 4.90 Å². The Balaban J connectivity index is 1.12. The van der Waals surface area contributed by atoms with Crippen molar-refractivity contribution in [2.75, 3.05) is 37.7 Å². The molecule has 2 fully saturated rings. The fourth-order valence-electron chi connectivity index (χ4n) is 4.92. The second-order valence-corrected chi connectivity index (χ2v) is 10.3. The molecular formula is C28H26ClF2N7O2. The van der Waals surface area contributed by atoms with Crippen LogP contribution in [0, 0.1) is 23.0 Å². The van der Waals surface area contributed by atoms with Crippen molar-refractivity contribution in [3.8, 4) is 11.9 Å². The number of fused-ring (bicyclic) bond motifs is 1. The van der Waals surface area contributed by atoms with Gasteiger partial charge in [0.2, 0.25) is 5.88 Å². The lowest BCUT2D eigenvalue weighted by Crippen LogP contribution is -2.47. The van der Waals surface area contributed by atoms with Crippen molar-refractivity contribution >= 4 is 28.5 Å². The lowest BCUT2D eigenvalue weighted by Gasteiger charge is -2.35. The first-order valence-corrected chi connectivity index (χ1v) is 13.4. The lowest BCUT2D eigenvalue weighted by atomic mass is 10.2. The van der Waals surface area contributed by atoms with Gasteiger partial charge in [0.25, 0.3) is 0 Å². The Morgan fingerprint density at radius 3 is 2.62 bits per heavy atom. The van der Waals surface area contributed by atoms with E-state index in [1.54, 1.807) is 24.4 Å². The molecule has 2 saturated heterocycles. The van der Waals surface area contributed by atoms with Crippen LogP contribution in [0.5, 0.6) is 5.88 Å². The van der Waals surface area contributed by atoms with Crippen LogP contribution in [0.4, 0.5) is 14.6 Å². The molecular weight excluding hydrogens is 540 g/mol. The molecule has 0 radical (unpaired) electrons. The van der Waals surface area contributed by atoms with E-state index < -0.39 is 11.6 Å². The molecule has 1 unspecified atom stereocenters. The van der Waals surface area contributed by atoms with Crippen molar-refractivity contribution in [1.29, 1.82) is 5.26 Å². The zero-order valence-corrected chi connectivity index (χ0v) is 22.3. The van der Waals surface area contributed by atoms with Gasteiger partial charge in [-0.15, -0.1) is 0 Å². The van der Waals surface area contributed by atoms with Gasteiger partial charge in [0.1, 0.15) is 30.0 Å². The minimum absolute atomic E-state index is 0.0485. The zero-order valence-electron chi connectivity index (χ0n) is 21.6. The highest BCUT2D eigenvalue weighted by Crippen LogP contribution is 2.25. The Bertz CT molecular complexity index is 1580. The van der Waals surface area contributed by atoms with E-state index in [9.17, 15) is 14.0 Å². The molecule has 0 bridgehead atoms. The summed E-state index contributed by atoms with van der Waals surface area (Å²) >= 11 is 5.81. The molecule has 1 aromatic carbocycles. The summed E-state index contributed by atoms with van der Waals surface area (Å²) < 4.78 is 42.3. The number of nitriles is 1. The number of pyridine rings is 2. The van der Waals surface area contributed by atoms with Crippen LogP contribution in [0.25, 0.3) is 11.0 Å². The van der Waals surface area contributed by atoms with Crippen LogP contribution in [0.1, 0.15) is 23.5 Å². The maximum atomic E-state index is 14.8. The molecule has 5 heterocycles. The van der Waals surface area contributed by atoms with Crippen LogP contribution < -0.4 is 9.64 Å². The smallest absolute Gasteiger partial charge is 0.215 e. The molecule has 0 saturated carbocycles. The van der Waals surface area contributed by atoms with Crippen LogP contribution in [-0.2, 0) is 24.4 Å². The SMILES string of the molecule is N#Cc1cc2nc(CN3CCN(c4nc(OCc5ccc(Cl)cc5F)ccc4F)CC3)n(CC3CCO3)c2cn1. The summed E-state index contributed by atoms with van der Waals surface area (Å²) in [5, 5.41) is 9.55. The van der Waals surface area contributed by atoms with Gasteiger partial charge in [-0.2, -0.15) is 10.2 Å². The highest BCUT2D eigenvalue weighted by Gasteiger charge is 2.26. The maximum absolute atomic E-state index is 14.8. The van der Waals surface area contributed by atoms with Crippen molar-refractivity contribution < 1.29 is 18.3 Å². The first-order chi connectivity index (χ1) is 19.5. The number of ether oxygens (including phenoxy) is 2. The standard InChI is InChI=1S/C28H26ClF2N7O2/c29-19-2-1-18(23(31)11-19)17-40-27-4-3-22(30)28(35-27)37-8-6-36(7-9-37)16-26-34-24-12-20(13-32)33-14-25(24)38(26)15-21-5-10-39-21/h1-4,11-12,14,21H,5-10,15-17H2. The zero-order chi connectivity index (χ0) is 27.6. The third-order valence-corrected chi connectivity index (χ3v) is 7.47. The number of aromatic nitrogens is 4. The predicted octanol–water partition coefficient (Wildman–Crippen LogP) is 4.32. The number of rotatable bonds is 8. The molecule has 206 valence electrons. The second kappa shape index (κ2) is 11.3. The third-order valence-electron chi connectivity index (χ3n) is 7.24. The number of benzene rings is 1. The Morgan fingerprint density at radius 2 is 1.90 bits per heavy atom. The van der Waals surface area contributed by atoms with Crippen molar-refractivity contribution in [3.05, 3.63) is 76.3 Å². The molecule has 0 spiro atoms. The van der Waals surface area contributed by atoms with E-state index in [1.165, 1.54) is 18.2 Å². The Labute approximate surface area is 234 Å². The van der Waals surface area contributed by atoms with Crippen LogP contribution >= 0.6 is 11.6 Å². The van der Waals surface area contributed by atoms with E-state index in [0.29, 0.717) is 55.5 Å². The minimum atomic E-state index is -0.471. The predicted molar refractivity (Wildman–Crippen MR) is 144 cm³/mol. The van der Waals surface area contributed by atoms with Crippen molar-refractivity contribution in [2.45, 2.75) is 32.2 Å². The number of imidazole rings is 1. The first kappa shape index (κ1) is 26.4. The number of nitrogens with zero attached hydrogens (tertiary/aromatic N) is 7. The van der Waals surface area contributed by atoms with Crippen LogP contribution in [0.3, 0.4) is 0 Å². The monoisotopic (exact) mass is 565 g/mol. The average Bonchev–Trinajstić information content (AvgIpc) is 3.27. The maximum Gasteiger partial charge on any atom is 0.215 e. The molecule has 4 aromatic rings. The molecule has 9 nitrogen and oxygen atoms in total. The largest absolute Gasteiger partial charge is 0.473 e. The highest BCUT2D eigenvalue weighted by atomic mass is 35.5. The van der Waals surface area contributed by atoms with Gasteiger partial charge in [-0.1, -0.05) is 17.7 Å². The van der Waals surface area contributed by atoms with Gasteiger partial charge < -0.3 is 18.9 Å². The van der Waals surface area contributed by atoms with Crippen LogP contribution in [0.2, 0.25) is 5.02 Å². The Morgan fingerprint density at radius 1 is 1.07 bits per heavy atom. The minimum Gasteiger partial charge on any atom is -0.473 e. The second-order valence-electron chi connectivity index (χ2n) is 9.83. The molecule has 3 aromatic heterocycles. The fraction of sp³-hybridized carbons (Fsp3) is 0.357. The van der Waals surface area contributed by atoms with Crippen molar-refractivity contribution in [2.24, 2.45) is 0 Å². The molecule has 1 atom stereocenters. The number of hydrogen-bond acceptors (Lipinski definition) is 8. The van der Waals surface area contributed by atoms with Crippen LogP contribution in [0.15, 0.2) is 42.6 Å². The van der Waals surface area contributed by atoms with Gasteiger partial charge in [0.15, 0.2) is 11.6 Å². The summed E-state index contributed by atoms with van der Waals surface area (Å²) in [6.07, 6.45) is 2.84. The Hall–Kier alpha value is -3.85. The molecule has 40 heavy (non-hydrogen) atoms.